The molecule has 1 saturated carbocycles. The number of hydrogen-bond acceptors (Lipinski definition) is 3. The molecule has 3 heterocycles. The molecule has 11 aromatic rings. The van der Waals surface area contributed by atoms with Crippen LogP contribution in [0.4, 0.5) is 0 Å². The second kappa shape index (κ2) is 12.2. The highest BCUT2D eigenvalue weighted by molar-refractivity contribution is 7.26. The highest BCUT2D eigenvalue weighted by atomic mass is 32.1. The molecule has 0 saturated heterocycles. The van der Waals surface area contributed by atoms with Crippen molar-refractivity contribution in [1.82, 2.24) is 14.5 Å². The van der Waals surface area contributed by atoms with Crippen molar-refractivity contribution in [2.75, 3.05) is 0 Å². The van der Waals surface area contributed by atoms with Crippen molar-refractivity contribution in [2.45, 2.75) is 37.5 Å². The Morgan fingerprint density at radius 3 is 2.03 bits per heavy atom. The standard InChI is InChI=1S/C54H37N3S/c1-3-15-33(16-4-1)34-25-27-36(28-26-34)49-52-50(41-22-10-12-24-44(41)58-52)56-53(55-49)57-43-30-29-35-17-5-6-18-37(35)46(43)47-48-45(38-19-7-8-20-39(38)51(47)57)40-21-9-11-23-42(40)54(48)31-13-2-14-32-54/h1,3-12,15-30H,2,13-14,31-32H2. The Balaban J connectivity index is 1.21. The number of benzene rings is 8. The van der Waals surface area contributed by atoms with E-state index in [2.05, 4.69) is 168 Å². The zero-order valence-electron chi connectivity index (χ0n) is 31.9. The fourth-order valence-corrected chi connectivity index (χ4v) is 12.1. The van der Waals surface area contributed by atoms with Crippen molar-refractivity contribution in [3.63, 3.8) is 0 Å². The molecule has 0 atom stereocenters. The average Bonchev–Trinajstić information content (AvgIpc) is 3.94. The molecule has 0 radical (unpaired) electrons. The minimum atomic E-state index is -0.0530. The molecule has 2 aliphatic rings. The van der Waals surface area contributed by atoms with Crippen molar-refractivity contribution in [3.8, 4) is 39.5 Å². The Morgan fingerprint density at radius 1 is 0.517 bits per heavy atom. The van der Waals surface area contributed by atoms with Crippen molar-refractivity contribution in [2.24, 2.45) is 0 Å². The molecule has 2 aliphatic carbocycles. The van der Waals surface area contributed by atoms with E-state index < -0.39 is 0 Å². The second-order valence-electron chi connectivity index (χ2n) is 16.3. The van der Waals surface area contributed by atoms with Crippen LogP contribution in [0.15, 0.2) is 164 Å². The molecular formula is C54H37N3S. The highest BCUT2D eigenvalue weighted by Gasteiger charge is 2.46. The van der Waals surface area contributed by atoms with Crippen molar-refractivity contribution in [3.05, 3.63) is 175 Å². The molecule has 3 nitrogen and oxygen atoms in total. The van der Waals surface area contributed by atoms with Gasteiger partial charge in [-0.2, -0.15) is 0 Å². The zero-order chi connectivity index (χ0) is 38.0. The quantitative estimate of drug-likeness (QED) is 0.180. The van der Waals surface area contributed by atoms with Gasteiger partial charge in [-0.3, -0.25) is 4.57 Å². The normalized spacial score (nSPS) is 14.7. The maximum Gasteiger partial charge on any atom is 0.235 e. The van der Waals surface area contributed by atoms with Crippen LogP contribution in [0.5, 0.6) is 0 Å². The third kappa shape index (κ3) is 4.38. The fraction of sp³-hybridized carbons (Fsp3) is 0.111. The summed E-state index contributed by atoms with van der Waals surface area (Å²) in [6.45, 7) is 0. The SMILES string of the molecule is c1ccc(-c2ccc(-c3nc(-n4c5ccc6ccccc6c5c5c6c(c7ccccc7c54)-c4ccccc4C64CCCCC4)nc4c3sc3ccccc34)cc2)cc1. The molecule has 4 heteroatoms. The number of rotatable bonds is 3. The number of thiophene rings is 1. The maximum absolute atomic E-state index is 5.70. The van der Waals surface area contributed by atoms with Gasteiger partial charge in [0.25, 0.3) is 0 Å². The minimum Gasteiger partial charge on any atom is -0.277 e. The molecule has 0 bridgehead atoms. The van der Waals surface area contributed by atoms with Crippen molar-refractivity contribution >= 4 is 75.0 Å². The van der Waals surface area contributed by atoms with Crippen LogP contribution in [-0.4, -0.2) is 14.5 Å². The summed E-state index contributed by atoms with van der Waals surface area (Å²) in [5.41, 5.74) is 13.6. The number of hydrogen-bond donors (Lipinski definition) is 0. The van der Waals surface area contributed by atoms with E-state index in [9.17, 15) is 0 Å². The first-order valence-electron chi connectivity index (χ1n) is 20.6. The smallest absolute Gasteiger partial charge is 0.235 e. The lowest BCUT2D eigenvalue weighted by Gasteiger charge is -2.36. The van der Waals surface area contributed by atoms with E-state index in [0.29, 0.717) is 5.95 Å². The van der Waals surface area contributed by atoms with E-state index in [4.69, 9.17) is 9.97 Å². The van der Waals surface area contributed by atoms with Crippen LogP contribution in [-0.2, 0) is 5.41 Å². The first-order valence-corrected chi connectivity index (χ1v) is 21.4. The molecule has 274 valence electrons. The molecule has 0 aliphatic heterocycles. The summed E-state index contributed by atoms with van der Waals surface area (Å²) < 4.78 is 4.78. The van der Waals surface area contributed by atoms with Crippen molar-refractivity contribution < 1.29 is 0 Å². The number of nitrogens with zero attached hydrogens (tertiary/aromatic N) is 3. The predicted molar refractivity (Wildman–Crippen MR) is 244 cm³/mol. The topological polar surface area (TPSA) is 30.7 Å². The monoisotopic (exact) mass is 759 g/mol. The molecule has 1 spiro atoms. The molecule has 58 heavy (non-hydrogen) atoms. The van der Waals surface area contributed by atoms with E-state index in [1.807, 2.05) is 0 Å². The van der Waals surface area contributed by atoms with Crippen LogP contribution >= 0.6 is 11.3 Å². The molecule has 8 aromatic carbocycles. The third-order valence-corrected chi connectivity index (χ3v) is 14.5. The van der Waals surface area contributed by atoms with Gasteiger partial charge in [-0.1, -0.05) is 171 Å². The lowest BCUT2D eigenvalue weighted by molar-refractivity contribution is 0.355. The third-order valence-electron chi connectivity index (χ3n) is 13.4. The summed E-state index contributed by atoms with van der Waals surface area (Å²) in [7, 11) is 0. The summed E-state index contributed by atoms with van der Waals surface area (Å²) in [6.07, 6.45) is 6.08. The van der Waals surface area contributed by atoms with Gasteiger partial charge in [-0.05, 0) is 74.5 Å². The van der Waals surface area contributed by atoms with Crippen LogP contribution in [0.25, 0.3) is 103 Å². The Labute approximate surface area is 339 Å². The van der Waals surface area contributed by atoms with E-state index in [1.54, 1.807) is 11.3 Å². The highest BCUT2D eigenvalue weighted by Crippen LogP contribution is 2.61. The zero-order valence-corrected chi connectivity index (χ0v) is 32.7. The first-order chi connectivity index (χ1) is 28.8. The first kappa shape index (κ1) is 32.5. The molecule has 1 fully saturated rings. The van der Waals surface area contributed by atoms with Crippen LogP contribution in [0.3, 0.4) is 0 Å². The Bertz CT molecular complexity index is 3480. The lowest BCUT2D eigenvalue weighted by atomic mass is 9.66. The van der Waals surface area contributed by atoms with Gasteiger partial charge in [0.05, 0.1) is 26.9 Å². The van der Waals surface area contributed by atoms with E-state index in [0.717, 1.165) is 39.8 Å². The van der Waals surface area contributed by atoms with Gasteiger partial charge in [0.2, 0.25) is 5.95 Å². The Morgan fingerprint density at radius 2 is 1.19 bits per heavy atom. The Kier molecular flexibility index (Phi) is 6.82. The van der Waals surface area contributed by atoms with Gasteiger partial charge in [-0.25, -0.2) is 9.97 Å². The molecule has 3 aromatic heterocycles. The molecule has 13 rings (SSSR count). The van der Waals surface area contributed by atoms with Gasteiger partial charge >= 0.3 is 0 Å². The van der Waals surface area contributed by atoms with Crippen molar-refractivity contribution in [1.29, 1.82) is 0 Å². The lowest BCUT2D eigenvalue weighted by Crippen LogP contribution is -2.28. The van der Waals surface area contributed by atoms with Gasteiger partial charge in [0.1, 0.15) is 0 Å². The fourth-order valence-electron chi connectivity index (χ4n) is 10.9. The summed E-state index contributed by atoms with van der Waals surface area (Å²) in [5.74, 6) is 0.715. The predicted octanol–water partition coefficient (Wildman–Crippen LogP) is 14.8. The molecule has 0 amide bonds. The number of fused-ring (bicyclic) bond motifs is 17. The van der Waals surface area contributed by atoms with Gasteiger partial charge < -0.3 is 0 Å². The molecule has 0 N–H and O–H groups in total. The summed E-state index contributed by atoms with van der Waals surface area (Å²) in [5, 5.41) is 8.93. The number of aromatic nitrogens is 3. The molecule has 0 unspecified atom stereocenters. The minimum absolute atomic E-state index is 0.0530. The molecular weight excluding hydrogens is 723 g/mol. The van der Waals surface area contributed by atoms with Crippen LogP contribution < -0.4 is 0 Å². The van der Waals surface area contributed by atoms with E-state index in [1.165, 1.54) is 101 Å². The van der Waals surface area contributed by atoms with Gasteiger partial charge in [-0.15, -0.1) is 11.3 Å². The maximum atomic E-state index is 5.70. The largest absolute Gasteiger partial charge is 0.277 e. The second-order valence-corrected chi connectivity index (χ2v) is 17.4. The summed E-state index contributed by atoms with van der Waals surface area (Å²) in [6, 6.07) is 60.3. The van der Waals surface area contributed by atoms with E-state index >= 15 is 0 Å². The van der Waals surface area contributed by atoms with Crippen LogP contribution in [0.2, 0.25) is 0 Å². The summed E-state index contributed by atoms with van der Waals surface area (Å²) in [4.78, 5) is 11.3. The van der Waals surface area contributed by atoms with Crippen LogP contribution in [0.1, 0.15) is 43.2 Å². The average molecular weight is 760 g/mol. The van der Waals surface area contributed by atoms with Gasteiger partial charge in [0, 0.05) is 37.2 Å². The van der Waals surface area contributed by atoms with E-state index in [-0.39, 0.29) is 5.41 Å². The summed E-state index contributed by atoms with van der Waals surface area (Å²) >= 11 is 1.79. The van der Waals surface area contributed by atoms with Crippen LogP contribution in [0, 0.1) is 0 Å². The Hall–Kier alpha value is -6.62. The van der Waals surface area contributed by atoms with Gasteiger partial charge in [0.15, 0.2) is 0 Å².